The number of rotatable bonds is 4. The van der Waals surface area contributed by atoms with Crippen LogP contribution in [0.1, 0.15) is 21.5 Å². The molecule has 0 aliphatic heterocycles. The highest BCUT2D eigenvalue weighted by molar-refractivity contribution is 6.36. The van der Waals surface area contributed by atoms with Crippen LogP contribution in [0, 0.1) is 13.8 Å². The third kappa shape index (κ3) is 4.10. The van der Waals surface area contributed by atoms with Crippen molar-refractivity contribution in [1.82, 2.24) is 0 Å². The minimum absolute atomic E-state index is 0.0474. The minimum atomic E-state index is -0.0474. The summed E-state index contributed by atoms with van der Waals surface area (Å²) in [6.45, 7) is 3.88. The van der Waals surface area contributed by atoms with Crippen molar-refractivity contribution in [1.29, 1.82) is 0 Å². The number of benzene rings is 2. The zero-order valence-corrected chi connectivity index (χ0v) is 13.3. The van der Waals surface area contributed by atoms with Crippen molar-refractivity contribution in [3.05, 3.63) is 75.4 Å². The van der Waals surface area contributed by atoms with Crippen LogP contribution < -0.4 is 5.32 Å². The van der Waals surface area contributed by atoms with E-state index in [0.717, 1.165) is 11.1 Å². The summed E-state index contributed by atoms with van der Waals surface area (Å²) in [4.78, 5) is 12.2. The van der Waals surface area contributed by atoms with Gasteiger partial charge >= 0.3 is 0 Å². The van der Waals surface area contributed by atoms with Crippen molar-refractivity contribution in [2.24, 2.45) is 0 Å². The van der Waals surface area contributed by atoms with Gasteiger partial charge in [-0.3, -0.25) is 4.79 Å². The van der Waals surface area contributed by atoms with Crippen molar-refractivity contribution in [3.8, 4) is 0 Å². The Labute approximate surface area is 134 Å². The molecule has 0 heterocycles. The maximum Gasteiger partial charge on any atom is 0.187 e. The molecule has 0 bridgehead atoms. The molecule has 0 fully saturated rings. The highest BCUT2D eigenvalue weighted by atomic mass is 35.5. The summed E-state index contributed by atoms with van der Waals surface area (Å²) < 4.78 is 0. The summed E-state index contributed by atoms with van der Waals surface area (Å²) >= 11 is 11.9. The maximum atomic E-state index is 12.2. The van der Waals surface area contributed by atoms with Gasteiger partial charge in [0.25, 0.3) is 0 Å². The number of nitrogens with one attached hydrogen (secondary N) is 1. The Balaban J connectivity index is 2.10. The molecule has 108 valence electrons. The van der Waals surface area contributed by atoms with Crippen LogP contribution in [0.3, 0.4) is 0 Å². The van der Waals surface area contributed by atoms with E-state index in [0.29, 0.717) is 21.3 Å². The van der Waals surface area contributed by atoms with Gasteiger partial charge in [0.2, 0.25) is 0 Å². The molecule has 0 amide bonds. The highest BCUT2D eigenvalue weighted by Gasteiger charge is 2.06. The van der Waals surface area contributed by atoms with Crippen LogP contribution in [0.2, 0.25) is 10.0 Å². The number of halogens is 2. The molecule has 0 aromatic heterocycles. The Morgan fingerprint density at radius 1 is 1.10 bits per heavy atom. The van der Waals surface area contributed by atoms with Crippen molar-refractivity contribution >= 4 is 34.7 Å². The topological polar surface area (TPSA) is 29.1 Å². The third-order valence-electron chi connectivity index (χ3n) is 3.06. The van der Waals surface area contributed by atoms with Crippen LogP contribution >= 0.6 is 23.2 Å². The summed E-state index contributed by atoms with van der Waals surface area (Å²) in [6.07, 6.45) is 3.08. The fraction of sp³-hybridized carbons (Fsp3) is 0.118. The molecule has 0 aliphatic carbocycles. The van der Waals surface area contributed by atoms with E-state index in [2.05, 4.69) is 5.32 Å². The van der Waals surface area contributed by atoms with E-state index >= 15 is 0 Å². The second kappa shape index (κ2) is 6.79. The molecule has 0 unspecified atom stereocenters. The lowest BCUT2D eigenvalue weighted by Gasteiger charge is -2.05. The first-order valence-corrected chi connectivity index (χ1v) is 7.22. The number of anilines is 1. The van der Waals surface area contributed by atoms with E-state index < -0.39 is 0 Å². The molecule has 4 heteroatoms. The number of carbonyl (C=O) groups excluding carboxylic acids is 1. The zero-order valence-electron chi connectivity index (χ0n) is 11.8. The predicted octanol–water partition coefficient (Wildman–Crippen LogP) is 5.42. The molecule has 21 heavy (non-hydrogen) atoms. The Kier molecular flexibility index (Phi) is 5.05. The first kappa shape index (κ1) is 15.6. The second-order valence-corrected chi connectivity index (χ2v) is 5.63. The number of hydrogen-bond donors (Lipinski definition) is 1. The molecular weight excluding hydrogens is 305 g/mol. The fourth-order valence-electron chi connectivity index (χ4n) is 1.90. The van der Waals surface area contributed by atoms with Crippen LogP contribution in [-0.2, 0) is 0 Å². The van der Waals surface area contributed by atoms with E-state index in [1.54, 1.807) is 24.4 Å². The Bertz CT molecular complexity index is 708. The molecule has 1 N–H and O–H groups in total. The summed E-state index contributed by atoms with van der Waals surface area (Å²) in [7, 11) is 0. The van der Waals surface area contributed by atoms with Crippen LogP contribution in [0.5, 0.6) is 0 Å². The summed E-state index contributed by atoms with van der Waals surface area (Å²) in [5.41, 5.74) is 3.42. The fourth-order valence-corrected chi connectivity index (χ4v) is 2.37. The van der Waals surface area contributed by atoms with E-state index in [9.17, 15) is 4.79 Å². The Hall–Kier alpha value is -1.77. The van der Waals surface area contributed by atoms with E-state index in [4.69, 9.17) is 23.2 Å². The van der Waals surface area contributed by atoms with Crippen LogP contribution in [-0.4, -0.2) is 5.78 Å². The van der Waals surface area contributed by atoms with Gasteiger partial charge in [0.1, 0.15) is 0 Å². The molecule has 0 radical (unpaired) electrons. The van der Waals surface area contributed by atoms with Crippen molar-refractivity contribution in [3.63, 3.8) is 0 Å². The van der Waals surface area contributed by atoms with Gasteiger partial charge in [-0.2, -0.15) is 0 Å². The standard InChI is InChI=1S/C17H15Cl2NO/c1-11-3-4-12(2)14(9-11)17(21)7-8-20-16-6-5-13(18)10-15(16)19/h3-10,20H,1-2H3. The monoisotopic (exact) mass is 319 g/mol. The van der Waals surface area contributed by atoms with Crippen molar-refractivity contribution in [2.75, 3.05) is 5.32 Å². The van der Waals surface area contributed by atoms with Gasteiger partial charge in [-0.25, -0.2) is 0 Å². The second-order valence-electron chi connectivity index (χ2n) is 4.78. The Morgan fingerprint density at radius 3 is 2.57 bits per heavy atom. The minimum Gasteiger partial charge on any atom is -0.360 e. The lowest BCUT2D eigenvalue weighted by atomic mass is 10.0. The predicted molar refractivity (Wildman–Crippen MR) is 89.5 cm³/mol. The normalized spacial score (nSPS) is 10.9. The smallest absolute Gasteiger partial charge is 0.187 e. The molecule has 0 aliphatic rings. The van der Waals surface area contributed by atoms with Crippen molar-refractivity contribution in [2.45, 2.75) is 13.8 Å². The molecular formula is C17H15Cl2NO. The first-order chi connectivity index (χ1) is 9.97. The summed E-state index contributed by atoms with van der Waals surface area (Å²) in [6, 6.07) is 11.0. The van der Waals surface area contributed by atoms with Crippen LogP contribution in [0.25, 0.3) is 0 Å². The molecule has 2 aromatic rings. The quantitative estimate of drug-likeness (QED) is 0.602. The molecule has 2 rings (SSSR count). The number of allylic oxidation sites excluding steroid dienone is 1. The number of carbonyl (C=O) groups is 1. The molecule has 2 nitrogen and oxygen atoms in total. The van der Waals surface area contributed by atoms with Gasteiger partial charge in [-0.15, -0.1) is 0 Å². The first-order valence-electron chi connectivity index (χ1n) is 6.47. The largest absolute Gasteiger partial charge is 0.360 e. The average Bonchev–Trinajstić information content (AvgIpc) is 2.43. The SMILES string of the molecule is Cc1ccc(C)c(C(=O)C=CNc2ccc(Cl)cc2Cl)c1. The highest BCUT2D eigenvalue weighted by Crippen LogP contribution is 2.25. The molecule has 0 saturated heterocycles. The van der Waals surface area contributed by atoms with Gasteiger partial charge in [0.15, 0.2) is 5.78 Å². The van der Waals surface area contributed by atoms with Gasteiger partial charge in [0.05, 0.1) is 10.7 Å². The van der Waals surface area contributed by atoms with Gasteiger partial charge < -0.3 is 5.32 Å². The average molecular weight is 320 g/mol. The van der Waals surface area contributed by atoms with E-state index in [1.807, 2.05) is 32.0 Å². The van der Waals surface area contributed by atoms with Gasteiger partial charge in [0, 0.05) is 22.9 Å². The third-order valence-corrected chi connectivity index (χ3v) is 3.61. The number of aryl methyl sites for hydroxylation is 2. The number of hydrogen-bond acceptors (Lipinski definition) is 2. The van der Waals surface area contributed by atoms with Crippen LogP contribution in [0.4, 0.5) is 5.69 Å². The maximum absolute atomic E-state index is 12.2. The zero-order chi connectivity index (χ0) is 15.4. The lowest BCUT2D eigenvalue weighted by molar-refractivity contribution is 0.104. The summed E-state index contributed by atoms with van der Waals surface area (Å²) in [5, 5.41) is 4.06. The van der Waals surface area contributed by atoms with E-state index in [-0.39, 0.29) is 5.78 Å². The summed E-state index contributed by atoms with van der Waals surface area (Å²) in [5.74, 6) is -0.0474. The molecule has 0 atom stereocenters. The van der Waals surface area contributed by atoms with Crippen LogP contribution in [0.15, 0.2) is 48.7 Å². The molecule has 0 spiro atoms. The Morgan fingerprint density at radius 2 is 1.86 bits per heavy atom. The molecule has 0 saturated carbocycles. The lowest BCUT2D eigenvalue weighted by Crippen LogP contribution is -2.00. The molecule has 2 aromatic carbocycles. The van der Waals surface area contributed by atoms with E-state index in [1.165, 1.54) is 6.08 Å². The van der Waals surface area contributed by atoms with Gasteiger partial charge in [-0.05, 0) is 43.7 Å². The van der Waals surface area contributed by atoms with Crippen molar-refractivity contribution < 1.29 is 4.79 Å². The number of ketones is 1. The van der Waals surface area contributed by atoms with Gasteiger partial charge in [-0.1, -0.05) is 40.9 Å².